The number of aromatic hydroxyl groups is 6. The van der Waals surface area contributed by atoms with Crippen LogP contribution in [-0.4, -0.2) is 259 Å². The number of rotatable bonds is 22. The van der Waals surface area contributed by atoms with Gasteiger partial charge in [0.2, 0.25) is 24.6 Å². The maximum Gasteiger partial charge on any atom is 0.402 e. The lowest BCUT2D eigenvalue weighted by atomic mass is 9.97. The second kappa shape index (κ2) is 31.7. The first-order chi connectivity index (χ1) is 47.2. The number of hydrogen-bond donors (Lipinski definition) is 18. The minimum absolute atomic E-state index is 0.00427. The summed E-state index contributed by atoms with van der Waals surface area (Å²) < 4.78 is 69.3. The summed E-state index contributed by atoms with van der Waals surface area (Å²) in [6, 6.07) is 21.6. The molecule has 1 aromatic heterocycles. The third-order valence-corrected chi connectivity index (χ3v) is 16.1. The first-order valence-corrected chi connectivity index (χ1v) is 30.2. The molecular formula is C66H69O33+. The number of esters is 3. The molecule has 6 aromatic rings. The van der Waals surface area contributed by atoms with Crippen LogP contribution in [-0.2, 0) is 52.3 Å². The molecule has 5 aromatic carbocycles. The number of hydrogen-bond acceptors (Lipinski definition) is 32. The van der Waals surface area contributed by atoms with Gasteiger partial charge in [0.05, 0.1) is 18.2 Å². The second-order valence-electron chi connectivity index (χ2n) is 23.0. The molecule has 20 atom stereocenters. The Bertz CT molecular complexity index is 3880. The van der Waals surface area contributed by atoms with Crippen LogP contribution in [0.5, 0.6) is 51.7 Å². The number of aliphatic hydroxyl groups excluding tert-OH is 12. The second-order valence-corrected chi connectivity index (χ2v) is 23.0. The van der Waals surface area contributed by atoms with Gasteiger partial charge in [0, 0.05) is 36.4 Å². The topological polar surface area (TPSA) is 528 Å². The standard InChI is InChI=1S/C66H68O33/c67-24-43-50(77)54(81)58(85)64(95-43)93-41-22-34(70)21-40-35(41)23-42(61(91-40)31-9-14-36(71)37(72)20-31)94-66-62(99-65-60(87)56(83)52(79)45(97-65)26-89-48(75)17-7-29-3-12-33(69)13-4-29)57(84)53(80)46(98-66)27-90-49(76)18-8-30-5-15-39(38(73)19-30)92-63-59(86)55(82)51(78)44(96-63)25-88-47(74)16-6-28-1-10-32(68)11-2-28/h1-23,43-46,50-60,62-67,77-87H,24-27H2,(H5-,68,69,70,71,72,73,74,75)/p+1/b18-8+/t43?,44?,45?,46?,50-,51-,52-,53-,54+,55?,56?,57+,58?,59-,60-,62?,63-,64-,65+,66-/m1/s1. The third-order valence-electron chi connectivity index (χ3n) is 16.1. The van der Waals surface area contributed by atoms with Crippen molar-refractivity contribution in [2.45, 2.75) is 123 Å². The molecule has 0 spiro atoms. The highest BCUT2D eigenvalue weighted by molar-refractivity contribution is 5.90. The van der Waals surface area contributed by atoms with Crippen molar-refractivity contribution in [3.8, 4) is 63.1 Å². The monoisotopic (exact) mass is 1390 g/mol. The summed E-state index contributed by atoms with van der Waals surface area (Å²) in [6.45, 7) is -3.20. The van der Waals surface area contributed by atoms with Crippen LogP contribution in [0.1, 0.15) is 16.7 Å². The first-order valence-electron chi connectivity index (χ1n) is 30.2. The number of phenolic OH excluding ortho intramolecular Hbond substituents is 6. The van der Waals surface area contributed by atoms with E-state index in [1.165, 1.54) is 78.9 Å². The molecule has 4 fully saturated rings. The van der Waals surface area contributed by atoms with E-state index < -0.39 is 207 Å². The number of carbonyl (C=O) groups is 3. The third kappa shape index (κ3) is 17.2. The van der Waals surface area contributed by atoms with Gasteiger partial charge in [0.25, 0.3) is 0 Å². The Morgan fingerprint density at radius 2 is 0.838 bits per heavy atom. The average Bonchev–Trinajstić information content (AvgIpc) is 0.762. The van der Waals surface area contributed by atoms with Gasteiger partial charge in [0.1, 0.15) is 140 Å². The Balaban J connectivity index is 0.885. The molecular weight excluding hydrogens is 1320 g/mol. The molecule has 530 valence electrons. The van der Waals surface area contributed by atoms with E-state index in [0.29, 0.717) is 11.1 Å². The highest BCUT2D eigenvalue weighted by Gasteiger charge is 2.53. The molecule has 99 heavy (non-hydrogen) atoms. The minimum atomic E-state index is -2.25. The minimum Gasteiger partial charge on any atom is -0.508 e. The summed E-state index contributed by atoms with van der Waals surface area (Å²) in [6.07, 6.45) is -31.6. The lowest BCUT2D eigenvalue weighted by molar-refractivity contribution is -0.358. The van der Waals surface area contributed by atoms with Crippen molar-refractivity contribution in [2.24, 2.45) is 0 Å². The van der Waals surface area contributed by atoms with Gasteiger partial charge in [-0.2, -0.15) is 0 Å². The van der Waals surface area contributed by atoms with E-state index in [-0.39, 0.29) is 39.3 Å². The molecule has 33 heteroatoms. The van der Waals surface area contributed by atoms with Crippen molar-refractivity contribution in [2.75, 3.05) is 26.4 Å². The van der Waals surface area contributed by atoms with Crippen molar-refractivity contribution >= 4 is 47.1 Å². The molecule has 5 heterocycles. The molecule has 18 N–H and O–H groups in total. The van der Waals surface area contributed by atoms with Gasteiger partial charge in [-0.25, -0.2) is 18.8 Å². The summed E-state index contributed by atoms with van der Waals surface area (Å²) in [4.78, 5) is 38.7. The zero-order valence-electron chi connectivity index (χ0n) is 51.3. The van der Waals surface area contributed by atoms with Gasteiger partial charge in [-0.1, -0.05) is 30.3 Å². The summed E-state index contributed by atoms with van der Waals surface area (Å²) in [7, 11) is 0. The Hall–Kier alpha value is -9.34. The van der Waals surface area contributed by atoms with Crippen LogP contribution >= 0.6 is 0 Å². The Morgan fingerprint density at radius 1 is 0.394 bits per heavy atom. The normalized spacial score (nSPS) is 30.3. The van der Waals surface area contributed by atoms with Gasteiger partial charge in [0.15, 0.2) is 35.4 Å². The van der Waals surface area contributed by atoms with E-state index in [4.69, 9.17) is 56.5 Å². The first kappa shape index (κ1) is 72.4. The maximum absolute atomic E-state index is 13.4. The Morgan fingerprint density at radius 3 is 1.35 bits per heavy atom. The van der Waals surface area contributed by atoms with Crippen LogP contribution in [0.3, 0.4) is 0 Å². The van der Waals surface area contributed by atoms with E-state index in [1.54, 1.807) is 0 Å². The number of phenols is 6. The Kier molecular flexibility index (Phi) is 23.2. The molecule has 4 saturated heterocycles. The summed E-state index contributed by atoms with van der Waals surface area (Å²) >= 11 is 0. The van der Waals surface area contributed by atoms with Gasteiger partial charge in [-0.3, -0.25) is 0 Å². The lowest BCUT2D eigenvalue weighted by Crippen LogP contribution is -2.65. The van der Waals surface area contributed by atoms with E-state index in [0.717, 1.165) is 60.7 Å². The predicted octanol–water partition coefficient (Wildman–Crippen LogP) is -1.23. The molecule has 0 saturated carbocycles. The number of aliphatic hydroxyl groups is 12. The van der Waals surface area contributed by atoms with E-state index >= 15 is 0 Å². The van der Waals surface area contributed by atoms with Gasteiger partial charge in [-0.05, 0) is 83.4 Å². The lowest BCUT2D eigenvalue weighted by Gasteiger charge is -2.45. The molecule has 0 radical (unpaired) electrons. The molecule has 33 nitrogen and oxygen atoms in total. The molecule has 4 aliphatic rings. The molecule has 0 amide bonds. The van der Waals surface area contributed by atoms with Gasteiger partial charge >= 0.3 is 29.3 Å². The van der Waals surface area contributed by atoms with Crippen molar-refractivity contribution in [1.82, 2.24) is 0 Å². The number of ether oxygens (including phenoxy) is 11. The fourth-order valence-electron chi connectivity index (χ4n) is 10.6. The largest absolute Gasteiger partial charge is 0.508 e. The average molecular weight is 1390 g/mol. The number of carbonyl (C=O) groups excluding carboxylic acids is 3. The summed E-state index contributed by atoms with van der Waals surface area (Å²) in [5.74, 6) is -7.12. The van der Waals surface area contributed by atoms with Crippen molar-refractivity contribution < 1.29 is 163 Å². The zero-order valence-corrected chi connectivity index (χ0v) is 51.3. The van der Waals surface area contributed by atoms with Crippen LogP contribution in [0.15, 0.2) is 126 Å². The SMILES string of the molecule is O=C(/C=C/c1ccc(O)cc1)OCC1O[C@@H](Oc2ccc(/C=C/C(=O)OCC3O[C@@H](Oc4cc5c(O[C@@H]6OC(CO)[C@@H](O)[C@H](O)C6O)cc(O)cc5[o+]c4-c4ccc(O)c(O)c4)C(O[C@@H]4OC(COC(=O)/C=C/c5ccc(O)cc5)[C@@H](O)C(O)[C@H]4O)[C@@H](O)[C@@H]3O)cc2O)[C@H](O)C(O)[C@@H]1O. The van der Waals surface area contributed by atoms with Crippen LogP contribution in [0, 0.1) is 0 Å². The smallest absolute Gasteiger partial charge is 0.402 e. The van der Waals surface area contributed by atoms with Crippen LogP contribution in [0.2, 0.25) is 0 Å². The van der Waals surface area contributed by atoms with Crippen LogP contribution in [0.4, 0.5) is 0 Å². The molecule has 4 aliphatic heterocycles. The van der Waals surface area contributed by atoms with Crippen molar-refractivity contribution in [3.05, 3.63) is 138 Å². The molecule has 0 aliphatic carbocycles. The molecule has 8 unspecified atom stereocenters. The fourth-order valence-corrected chi connectivity index (χ4v) is 10.6. The molecule has 0 bridgehead atoms. The quantitative estimate of drug-likeness (QED) is 0.0124. The van der Waals surface area contributed by atoms with Crippen molar-refractivity contribution in [1.29, 1.82) is 0 Å². The zero-order chi connectivity index (χ0) is 71.1. The van der Waals surface area contributed by atoms with E-state index in [9.17, 15) is 106 Å². The molecule has 10 rings (SSSR count). The number of fused-ring (bicyclic) bond motifs is 1. The van der Waals surface area contributed by atoms with Gasteiger partial charge < -0.3 is 144 Å². The van der Waals surface area contributed by atoms with Gasteiger partial charge in [-0.15, -0.1) is 0 Å². The summed E-state index contributed by atoms with van der Waals surface area (Å²) in [5.41, 5.74) is 0.784. The fraction of sp³-hybridized carbons (Fsp3) is 0.364. The number of benzene rings is 5. The van der Waals surface area contributed by atoms with E-state index in [2.05, 4.69) is 0 Å². The highest BCUT2D eigenvalue weighted by atomic mass is 16.8. The Labute approximate surface area is 558 Å². The van der Waals surface area contributed by atoms with Crippen LogP contribution < -0.4 is 14.2 Å². The van der Waals surface area contributed by atoms with Crippen LogP contribution in [0.25, 0.3) is 40.5 Å². The van der Waals surface area contributed by atoms with Crippen molar-refractivity contribution in [3.63, 3.8) is 0 Å². The van der Waals surface area contributed by atoms with E-state index in [1.807, 2.05) is 0 Å². The summed E-state index contributed by atoms with van der Waals surface area (Å²) in [5, 5.41) is 193. The maximum atomic E-state index is 13.4. The predicted molar refractivity (Wildman–Crippen MR) is 330 cm³/mol. The highest BCUT2D eigenvalue weighted by Crippen LogP contribution is 2.44.